The minimum absolute atomic E-state index is 0.0338. The van der Waals surface area contributed by atoms with Gasteiger partial charge >= 0.3 is 0 Å². The van der Waals surface area contributed by atoms with Crippen molar-refractivity contribution in [2.45, 2.75) is 13.0 Å². The zero-order valence-electron chi connectivity index (χ0n) is 13.6. The van der Waals surface area contributed by atoms with Crippen LogP contribution in [-0.2, 0) is 4.79 Å². The van der Waals surface area contributed by atoms with E-state index in [0.717, 1.165) is 0 Å². The maximum Gasteiger partial charge on any atom is 0.284 e. The first-order valence-electron chi connectivity index (χ1n) is 7.85. The molecule has 2 aromatic rings. The van der Waals surface area contributed by atoms with Crippen molar-refractivity contribution in [2.75, 3.05) is 13.2 Å². The second-order valence-electron chi connectivity index (χ2n) is 5.23. The van der Waals surface area contributed by atoms with Crippen LogP contribution in [0.5, 0.6) is 23.0 Å². The van der Waals surface area contributed by atoms with Gasteiger partial charge in [-0.2, -0.15) is 5.10 Å². The second-order valence-corrected chi connectivity index (χ2v) is 5.23. The topological polar surface area (TPSA) is 89.4 Å². The van der Waals surface area contributed by atoms with E-state index in [4.69, 9.17) is 14.2 Å². The van der Waals surface area contributed by atoms with Crippen LogP contribution in [0.15, 0.2) is 47.6 Å². The van der Waals surface area contributed by atoms with Crippen molar-refractivity contribution in [3.63, 3.8) is 0 Å². The molecule has 130 valence electrons. The molecule has 0 aromatic heterocycles. The SMILES string of the molecule is CCOc1cccc(C=NNC(=O)C2COc3ccccc3O2)c1O. The molecule has 25 heavy (non-hydrogen) atoms. The van der Waals surface area contributed by atoms with Gasteiger partial charge in [-0.25, -0.2) is 5.43 Å². The molecule has 2 aromatic carbocycles. The monoisotopic (exact) mass is 342 g/mol. The largest absolute Gasteiger partial charge is 0.504 e. The van der Waals surface area contributed by atoms with E-state index in [9.17, 15) is 9.90 Å². The number of hydrogen-bond acceptors (Lipinski definition) is 6. The van der Waals surface area contributed by atoms with E-state index in [-0.39, 0.29) is 12.4 Å². The Balaban J connectivity index is 1.61. The highest BCUT2D eigenvalue weighted by molar-refractivity contribution is 5.87. The first kappa shape index (κ1) is 16.6. The third-order valence-corrected chi connectivity index (χ3v) is 3.51. The number of hydrazone groups is 1. The molecule has 1 heterocycles. The summed E-state index contributed by atoms with van der Waals surface area (Å²) in [6.07, 6.45) is 0.545. The van der Waals surface area contributed by atoms with Crippen molar-refractivity contribution in [3.05, 3.63) is 48.0 Å². The fraction of sp³-hybridized carbons (Fsp3) is 0.222. The molecule has 1 aliphatic rings. The summed E-state index contributed by atoms with van der Waals surface area (Å²) in [5.74, 6) is 1.01. The van der Waals surface area contributed by atoms with Gasteiger partial charge in [-0.3, -0.25) is 4.79 Å². The number of aromatic hydroxyl groups is 1. The minimum Gasteiger partial charge on any atom is -0.504 e. The van der Waals surface area contributed by atoms with Crippen molar-refractivity contribution in [3.8, 4) is 23.0 Å². The molecule has 2 N–H and O–H groups in total. The van der Waals surface area contributed by atoms with Gasteiger partial charge in [0.25, 0.3) is 5.91 Å². The first-order chi connectivity index (χ1) is 12.2. The number of carbonyl (C=O) groups is 1. The number of para-hydroxylation sites is 3. The Morgan fingerprint density at radius 1 is 1.32 bits per heavy atom. The smallest absolute Gasteiger partial charge is 0.284 e. The van der Waals surface area contributed by atoms with Crippen molar-refractivity contribution in [1.29, 1.82) is 0 Å². The van der Waals surface area contributed by atoms with E-state index in [1.165, 1.54) is 6.21 Å². The van der Waals surface area contributed by atoms with Crippen LogP contribution in [0.3, 0.4) is 0 Å². The lowest BCUT2D eigenvalue weighted by atomic mass is 10.2. The van der Waals surface area contributed by atoms with Gasteiger partial charge in [0.15, 0.2) is 23.0 Å². The van der Waals surface area contributed by atoms with Crippen molar-refractivity contribution < 1.29 is 24.1 Å². The van der Waals surface area contributed by atoms with Crippen molar-refractivity contribution in [1.82, 2.24) is 5.43 Å². The summed E-state index contributed by atoms with van der Waals surface area (Å²) in [5.41, 5.74) is 2.81. The quantitative estimate of drug-likeness (QED) is 0.641. The predicted octanol–water partition coefficient (Wildman–Crippen LogP) is 2.08. The third-order valence-electron chi connectivity index (χ3n) is 3.51. The van der Waals surface area contributed by atoms with E-state index in [0.29, 0.717) is 29.4 Å². The summed E-state index contributed by atoms with van der Waals surface area (Å²) in [4.78, 5) is 12.1. The number of fused-ring (bicyclic) bond motifs is 1. The summed E-state index contributed by atoms with van der Waals surface area (Å²) in [5, 5.41) is 13.9. The molecule has 0 spiro atoms. The number of amides is 1. The Morgan fingerprint density at radius 3 is 2.92 bits per heavy atom. The Labute approximate surface area is 144 Å². The normalized spacial score (nSPS) is 15.8. The Bertz CT molecular complexity index is 791. The van der Waals surface area contributed by atoms with Gasteiger partial charge in [0.05, 0.1) is 12.8 Å². The van der Waals surface area contributed by atoms with Crippen molar-refractivity contribution >= 4 is 12.1 Å². The highest BCUT2D eigenvalue weighted by Gasteiger charge is 2.27. The lowest BCUT2D eigenvalue weighted by molar-refractivity contribution is -0.130. The van der Waals surface area contributed by atoms with Crippen LogP contribution >= 0.6 is 0 Å². The zero-order valence-corrected chi connectivity index (χ0v) is 13.6. The van der Waals surface area contributed by atoms with Gasteiger partial charge < -0.3 is 19.3 Å². The molecular weight excluding hydrogens is 324 g/mol. The van der Waals surface area contributed by atoms with Gasteiger partial charge in [0.1, 0.15) is 6.61 Å². The molecule has 3 rings (SSSR count). The summed E-state index contributed by atoms with van der Waals surface area (Å²) in [6, 6.07) is 12.2. The van der Waals surface area contributed by atoms with Gasteiger partial charge in [-0.15, -0.1) is 0 Å². The molecule has 1 amide bonds. The molecule has 7 heteroatoms. The molecule has 1 aliphatic heterocycles. The van der Waals surface area contributed by atoms with Crippen LogP contribution < -0.4 is 19.6 Å². The lowest BCUT2D eigenvalue weighted by Crippen LogP contribution is -2.42. The number of phenolic OH excluding ortho intramolecular Hbond substituents is 1. The molecular formula is C18H18N2O5. The second kappa shape index (κ2) is 7.57. The standard InChI is InChI=1S/C18H18N2O5/c1-2-23-15-9-5-6-12(17(15)21)10-19-20-18(22)16-11-24-13-7-3-4-8-14(13)25-16/h3-10,16,21H,2,11H2,1H3,(H,20,22). The number of ether oxygens (including phenoxy) is 3. The summed E-state index contributed by atoms with van der Waals surface area (Å²) in [7, 11) is 0. The molecule has 0 radical (unpaired) electrons. The van der Waals surface area contributed by atoms with Crippen LogP contribution in [0.4, 0.5) is 0 Å². The highest BCUT2D eigenvalue weighted by Crippen LogP contribution is 2.31. The maximum atomic E-state index is 12.1. The number of nitrogens with zero attached hydrogens (tertiary/aromatic N) is 1. The van der Waals surface area contributed by atoms with Crippen LogP contribution in [0.2, 0.25) is 0 Å². The molecule has 0 saturated carbocycles. The third kappa shape index (κ3) is 3.82. The summed E-state index contributed by atoms with van der Waals surface area (Å²) in [6.45, 7) is 2.36. The van der Waals surface area contributed by atoms with E-state index in [1.54, 1.807) is 36.4 Å². The number of hydrogen-bond donors (Lipinski definition) is 2. The Morgan fingerprint density at radius 2 is 2.12 bits per heavy atom. The predicted molar refractivity (Wildman–Crippen MR) is 91.4 cm³/mol. The average Bonchev–Trinajstić information content (AvgIpc) is 2.64. The number of benzene rings is 2. The maximum absolute atomic E-state index is 12.1. The van der Waals surface area contributed by atoms with Gasteiger partial charge in [-0.1, -0.05) is 18.2 Å². The Kier molecular flexibility index (Phi) is 5.03. The summed E-state index contributed by atoms with van der Waals surface area (Å²) < 4.78 is 16.4. The van der Waals surface area contributed by atoms with Crippen molar-refractivity contribution in [2.24, 2.45) is 5.10 Å². The van der Waals surface area contributed by atoms with Crippen LogP contribution in [0, 0.1) is 0 Å². The molecule has 1 unspecified atom stereocenters. The fourth-order valence-corrected chi connectivity index (χ4v) is 2.30. The Hall–Kier alpha value is -3.22. The molecule has 0 aliphatic carbocycles. The number of carbonyl (C=O) groups excluding carboxylic acids is 1. The van der Waals surface area contributed by atoms with Gasteiger partial charge in [-0.05, 0) is 31.2 Å². The minimum atomic E-state index is -0.796. The van der Waals surface area contributed by atoms with Crippen LogP contribution in [-0.4, -0.2) is 36.5 Å². The average molecular weight is 342 g/mol. The first-order valence-corrected chi connectivity index (χ1v) is 7.85. The van der Waals surface area contributed by atoms with E-state index >= 15 is 0 Å². The van der Waals surface area contributed by atoms with Gasteiger partial charge in [0.2, 0.25) is 6.10 Å². The number of phenols is 1. The molecule has 0 saturated heterocycles. The lowest BCUT2D eigenvalue weighted by Gasteiger charge is -2.24. The number of rotatable bonds is 5. The fourth-order valence-electron chi connectivity index (χ4n) is 2.30. The molecule has 1 atom stereocenters. The van der Waals surface area contributed by atoms with Crippen LogP contribution in [0.25, 0.3) is 0 Å². The summed E-state index contributed by atoms with van der Waals surface area (Å²) >= 11 is 0. The number of nitrogens with one attached hydrogen (secondary N) is 1. The molecule has 0 bridgehead atoms. The zero-order chi connectivity index (χ0) is 17.6. The van der Waals surface area contributed by atoms with E-state index < -0.39 is 12.0 Å². The molecule has 0 fully saturated rings. The van der Waals surface area contributed by atoms with E-state index in [1.807, 2.05) is 13.0 Å². The van der Waals surface area contributed by atoms with E-state index in [2.05, 4.69) is 10.5 Å². The van der Waals surface area contributed by atoms with Gasteiger partial charge in [0, 0.05) is 5.56 Å². The van der Waals surface area contributed by atoms with Crippen LogP contribution in [0.1, 0.15) is 12.5 Å². The molecule has 7 nitrogen and oxygen atoms in total. The highest BCUT2D eigenvalue weighted by atomic mass is 16.6.